The Morgan fingerprint density at radius 2 is 2.06 bits per heavy atom. The van der Waals surface area contributed by atoms with Crippen LogP contribution in [0.4, 0.5) is 5.82 Å². The van der Waals surface area contributed by atoms with Crippen molar-refractivity contribution in [3.05, 3.63) is 34.0 Å². The Labute approximate surface area is 88.9 Å². The van der Waals surface area contributed by atoms with Gasteiger partial charge in [-0.05, 0) is 16.0 Å². The van der Waals surface area contributed by atoms with Crippen LogP contribution in [0.1, 0.15) is 11.7 Å². The molecule has 0 aromatic carbocycles. The van der Waals surface area contributed by atoms with E-state index in [0.717, 1.165) is 18.3 Å². The molecular weight excluding hydrogens is 220 g/mol. The third-order valence-electron chi connectivity index (χ3n) is 1.85. The Bertz CT molecular complexity index is 403. The summed E-state index contributed by atoms with van der Waals surface area (Å²) in [5, 5.41) is 37.0. The number of rotatable bonds is 4. The van der Waals surface area contributed by atoms with Crippen LogP contribution in [-0.4, -0.2) is 37.3 Å². The standard InChI is InChI=1S/C8H8N2O6/c11-6(7(12)8(13)14)4-1-2-5(9-3-4)10(15)16/h1-3,6-7,11-12H,(H,13,14). The maximum absolute atomic E-state index is 10.4. The minimum atomic E-state index is -2.00. The zero-order valence-electron chi connectivity index (χ0n) is 7.85. The van der Waals surface area contributed by atoms with E-state index in [2.05, 4.69) is 4.98 Å². The van der Waals surface area contributed by atoms with Crippen LogP contribution >= 0.6 is 0 Å². The molecule has 0 saturated heterocycles. The highest BCUT2D eigenvalue weighted by atomic mass is 16.6. The summed E-state index contributed by atoms with van der Waals surface area (Å²) in [4.78, 5) is 23.3. The minimum absolute atomic E-state index is 0.0134. The van der Waals surface area contributed by atoms with Crippen molar-refractivity contribution >= 4 is 11.8 Å². The molecule has 0 radical (unpaired) electrons. The molecular formula is C8H8N2O6. The van der Waals surface area contributed by atoms with Gasteiger partial charge in [0.05, 0.1) is 0 Å². The van der Waals surface area contributed by atoms with E-state index in [4.69, 9.17) is 10.2 Å². The molecule has 0 fully saturated rings. The second kappa shape index (κ2) is 4.64. The molecule has 0 aliphatic carbocycles. The van der Waals surface area contributed by atoms with Crippen molar-refractivity contribution in [1.82, 2.24) is 4.98 Å². The number of nitrogens with zero attached hydrogens (tertiary/aromatic N) is 2. The summed E-state index contributed by atoms with van der Waals surface area (Å²) < 4.78 is 0. The van der Waals surface area contributed by atoms with Crippen molar-refractivity contribution in [2.45, 2.75) is 12.2 Å². The van der Waals surface area contributed by atoms with Crippen LogP contribution in [-0.2, 0) is 4.79 Å². The molecule has 1 rings (SSSR count). The molecule has 8 nitrogen and oxygen atoms in total. The van der Waals surface area contributed by atoms with Crippen LogP contribution in [0, 0.1) is 10.1 Å². The fraction of sp³-hybridized carbons (Fsp3) is 0.250. The summed E-state index contributed by atoms with van der Waals surface area (Å²) in [6.45, 7) is 0. The van der Waals surface area contributed by atoms with Crippen molar-refractivity contribution in [2.75, 3.05) is 0 Å². The quantitative estimate of drug-likeness (QED) is 0.465. The van der Waals surface area contributed by atoms with Gasteiger partial charge >= 0.3 is 11.8 Å². The number of carboxylic acids is 1. The highest BCUT2D eigenvalue weighted by Crippen LogP contribution is 2.18. The van der Waals surface area contributed by atoms with E-state index in [-0.39, 0.29) is 5.56 Å². The molecule has 1 aromatic rings. The number of hydrogen-bond donors (Lipinski definition) is 3. The molecule has 1 heterocycles. The van der Waals surface area contributed by atoms with E-state index in [1.807, 2.05) is 0 Å². The fourth-order valence-corrected chi connectivity index (χ4v) is 0.998. The van der Waals surface area contributed by atoms with Crippen LogP contribution in [0.5, 0.6) is 0 Å². The van der Waals surface area contributed by atoms with Gasteiger partial charge in [0.1, 0.15) is 12.3 Å². The SMILES string of the molecule is O=C(O)C(O)C(O)c1ccc([N+](=O)[O-])nc1. The first kappa shape index (κ1) is 12.0. The van der Waals surface area contributed by atoms with E-state index in [1.165, 1.54) is 0 Å². The lowest BCUT2D eigenvalue weighted by molar-refractivity contribution is -0.389. The van der Waals surface area contributed by atoms with Crippen molar-refractivity contribution in [3.63, 3.8) is 0 Å². The summed E-state index contributed by atoms with van der Waals surface area (Å²) in [5.74, 6) is -2.02. The summed E-state index contributed by atoms with van der Waals surface area (Å²) in [6.07, 6.45) is -2.73. The second-order valence-electron chi connectivity index (χ2n) is 2.93. The van der Waals surface area contributed by atoms with Crippen molar-refractivity contribution in [1.29, 1.82) is 0 Å². The van der Waals surface area contributed by atoms with Gasteiger partial charge in [-0.3, -0.25) is 0 Å². The van der Waals surface area contributed by atoms with Crippen molar-refractivity contribution in [3.8, 4) is 0 Å². The predicted molar refractivity (Wildman–Crippen MR) is 49.5 cm³/mol. The third-order valence-corrected chi connectivity index (χ3v) is 1.85. The van der Waals surface area contributed by atoms with Crippen molar-refractivity contribution in [2.24, 2.45) is 0 Å². The molecule has 0 spiro atoms. The van der Waals surface area contributed by atoms with Crippen molar-refractivity contribution < 1.29 is 25.0 Å². The Hall–Kier alpha value is -2.06. The molecule has 0 amide bonds. The average Bonchev–Trinajstić information content (AvgIpc) is 2.27. The van der Waals surface area contributed by atoms with Gasteiger partial charge in [-0.15, -0.1) is 0 Å². The van der Waals surface area contributed by atoms with Crippen LogP contribution in [0.2, 0.25) is 0 Å². The Balaban J connectivity index is 2.89. The first-order valence-corrected chi connectivity index (χ1v) is 4.12. The zero-order valence-corrected chi connectivity index (χ0v) is 7.85. The lowest BCUT2D eigenvalue weighted by atomic mass is 10.1. The number of aliphatic hydroxyl groups is 2. The number of aliphatic hydroxyl groups excluding tert-OH is 2. The molecule has 2 atom stereocenters. The smallest absolute Gasteiger partial charge is 0.363 e. The second-order valence-corrected chi connectivity index (χ2v) is 2.93. The van der Waals surface area contributed by atoms with Gasteiger partial charge in [0, 0.05) is 11.6 Å². The maximum Gasteiger partial charge on any atom is 0.363 e. The Morgan fingerprint density at radius 3 is 2.44 bits per heavy atom. The predicted octanol–water partition coefficient (Wildman–Crippen LogP) is -0.531. The van der Waals surface area contributed by atoms with E-state index >= 15 is 0 Å². The number of aliphatic carboxylic acids is 1. The maximum atomic E-state index is 10.4. The Morgan fingerprint density at radius 1 is 1.44 bits per heavy atom. The van der Waals surface area contributed by atoms with Crippen LogP contribution in [0.15, 0.2) is 18.3 Å². The first-order chi connectivity index (χ1) is 7.43. The summed E-state index contributed by atoms with van der Waals surface area (Å²) in [6, 6.07) is 2.13. The zero-order chi connectivity index (χ0) is 12.3. The van der Waals surface area contributed by atoms with Crippen LogP contribution in [0.25, 0.3) is 0 Å². The first-order valence-electron chi connectivity index (χ1n) is 4.12. The van der Waals surface area contributed by atoms with Gasteiger partial charge in [0.15, 0.2) is 6.10 Å². The molecule has 2 unspecified atom stereocenters. The largest absolute Gasteiger partial charge is 0.479 e. The number of pyridine rings is 1. The molecule has 86 valence electrons. The molecule has 0 bridgehead atoms. The monoisotopic (exact) mass is 228 g/mol. The molecule has 0 saturated carbocycles. The summed E-state index contributed by atoms with van der Waals surface area (Å²) in [5.41, 5.74) is -0.0134. The minimum Gasteiger partial charge on any atom is -0.479 e. The molecule has 0 aliphatic rings. The van der Waals surface area contributed by atoms with E-state index in [9.17, 15) is 20.0 Å². The molecule has 16 heavy (non-hydrogen) atoms. The fourth-order valence-electron chi connectivity index (χ4n) is 0.998. The van der Waals surface area contributed by atoms with Gasteiger partial charge in [-0.2, -0.15) is 0 Å². The van der Waals surface area contributed by atoms with Gasteiger partial charge in [-0.1, -0.05) is 0 Å². The van der Waals surface area contributed by atoms with Crippen LogP contribution < -0.4 is 0 Å². The van der Waals surface area contributed by atoms with E-state index < -0.39 is 28.9 Å². The Kier molecular flexibility index (Phi) is 3.48. The topological polar surface area (TPSA) is 134 Å². The lowest BCUT2D eigenvalue weighted by Gasteiger charge is -2.12. The van der Waals surface area contributed by atoms with Gasteiger partial charge in [-0.25, -0.2) is 4.79 Å². The number of nitro groups is 1. The average molecular weight is 228 g/mol. The highest BCUT2D eigenvalue weighted by molar-refractivity contribution is 5.73. The molecule has 1 aromatic heterocycles. The van der Waals surface area contributed by atoms with E-state index in [0.29, 0.717) is 0 Å². The third kappa shape index (κ3) is 2.49. The number of carbonyl (C=O) groups is 1. The lowest BCUT2D eigenvalue weighted by Crippen LogP contribution is -2.27. The molecule has 0 aliphatic heterocycles. The number of aromatic nitrogens is 1. The van der Waals surface area contributed by atoms with Gasteiger partial charge in [0.25, 0.3) is 0 Å². The van der Waals surface area contributed by atoms with E-state index in [1.54, 1.807) is 0 Å². The van der Waals surface area contributed by atoms with Gasteiger partial charge in [0.2, 0.25) is 0 Å². The van der Waals surface area contributed by atoms with Crippen LogP contribution in [0.3, 0.4) is 0 Å². The normalized spacial score (nSPS) is 14.1. The number of hydrogen-bond acceptors (Lipinski definition) is 6. The molecule has 3 N–H and O–H groups in total. The summed E-state index contributed by atoms with van der Waals surface area (Å²) >= 11 is 0. The highest BCUT2D eigenvalue weighted by Gasteiger charge is 2.26. The summed E-state index contributed by atoms with van der Waals surface area (Å²) in [7, 11) is 0. The number of carboxylic acid groups (broad SMARTS) is 1. The van der Waals surface area contributed by atoms with Gasteiger partial charge < -0.3 is 25.4 Å². The molecule has 8 heteroatoms.